The van der Waals surface area contributed by atoms with Crippen LogP contribution >= 0.6 is 0 Å². The zero-order valence-electron chi connectivity index (χ0n) is 43.4. The Kier molecular flexibility index (Phi) is 54.6. The number of benzene rings is 4. The Bertz CT molecular complexity index is 2300. The molecule has 2 fully saturated rings. The standard InChI is InChI=1S/2C22H26N2O4.2Cu.6NO3.2Yb/c2*1-27-19-11-5-7-15(21(19)25)13-23-17-9-3-4-10-18(17)24-14-16-8-6-12-20(28-2)22(16)26;;;6*2-1(3)4;;/h2*5-8,11-14,17-18,25-26H,3-4,9-10H2,1-2H3;;;;;;;;;;/q;;2*+2;6*-1;2*+3/p-4/t2*17-,18-;;;;;;;;;;/m11........../s1. The van der Waals surface area contributed by atoms with Crippen LogP contribution in [0.2, 0.25) is 0 Å². The number of rotatable bonds is 12. The molecule has 0 aromatic heterocycles. The molecule has 0 spiro atoms. The zero-order chi connectivity index (χ0) is 61.3. The molecule has 84 heavy (non-hydrogen) atoms. The van der Waals surface area contributed by atoms with E-state index in [1.165, 1.54) is 28.4 Å². The van der Waals surface area contributed by atoms with Crippen LogP contribution in [-0.4, -0.2) is 108 Å². The van der Waals surface area contributed by atoms with E-state index >= 15 is 0 Å². The van der Waals surface area contributed by atoms with Crippen LogP contribution in [0.15, 0.2) is 92.8 Å². The van der Waals surface area contributed by atoms with Crippen molar-refractivity contribution in [1.82, 2.24) is 0 Å². The maximum atomic E-state index is 12.3. The van der Waals surface area contributed by atoms with Crippen molar-refractivity contribution in [3.8, 4) is 46.0 Å². The Morgan fingerprint density at radius 3 is 0.619 bits per heavy atom. The fourth-order valence-corrected chi connectivity index (χ4v) is 6.76. The van der Waals surface area contributed by atoms with Crippen LogP contribution in [0.3, 0.4) is 0 Å². The van der Waals surface area contributed by atoms with Crippen LogP contribution < -0.4 is 39.4 Å². The minimum atomic E-state index is -1.75. The molecule has 0 unspecified atom stereocenters. The molecule has 6 rings (SSSR count). The smallest absolute Gasteiger partial charge is 0.870 e. The van der Waals surface area contributed by atoms with Crippen molar-refractivity contribution in [3.05, 3.63) is 187 Å². The monoisotopic (exact) mass is 1610 g/mol. The summed E-state index contributed by atoms with van der Waals surface area (Å²) in [6, 6.07) is 20.5. The van der Waals surface area contributed by atoms with Gasteiger partial charge in [-0.3, -0.25) is 20.0 Å². The number of aliphatic imine (C=N–C) groups is 4. The van der Waals surface area contributed by atoms with Crippen molar-refractivity contribution in [2.45, 2.75) is 75.5 Å². The second-order valence-corrected chi connectivity index (χ2v) is 14.8. The minimum Gasteiger partial charge on any atom is -0.870 e. The third-order valence-corrected chi connectivity index (χ3v) is 9.93. The van der Waals surface area contributed by atoms with Crippen LogP contribution in [-0.2, 0) is 34.1 Å². The van der Waals surface area contributed by atoms with E-state index in [1.807, 2.05) is 0 Å². The van der Waals surface area contributed by atoms with E-state index in [9.17, 15) is 20.4 Å². The topological polar surface area (TPSA) is 576 Å². The zero-order valence-corrected chi connectivity index (χ0v) is 48.7. The van der Waals surface area contributed by atoms with E-state index in [1.54, 1.807) is 97.7 Å². The van der Waals surface area contributed by atoms with E-state index in [-0.39, 0.29) is 175 Å². The third-order valence-electron chi connectivity index (χ3n) is 9.93. The first-order valence-electron chi connectivity index (χ1n) is 22.0. The fourth-order valence-electron chi connectivity index (χ4n) is 6.76. The van der Waals surface area contributed by atoms with E-state index in [4.69, 9.17) is 111 Å². The largest absolute Gasteiger partial charge is 3.00 e. The number of para-hydroxylation sites is 4. The number of ether oxygens (including phenoxy) is 4. The average Bonchev–Trinajstić information content (AvgIpc) is 3.37. The van der Waals surface area contributed by atoms with E-state index in [0.29, 0.717) is 45.3 Å². The third kappa shape index (κ3) is 42.1. The molecule has 2 saturated carbocycles. The van der Waals surface area contributed by atoms with Gasteiger partial charge >= 0.3 is 128 Å². The Morgan fingerprint density at radius 1 is 0.345 bits per heavy atom. The van der Waals surface area contributed by atoms with Crippen molar-refractivity contribution in [1.29, 1.82) is 0 Å². The number of hydrogen-bond acceptors (Lipinski definition) is 30. The van der Waals surface area contributed by atoms with Crippen LogP contribution in [0, 0.1) is 186 Å². The van der Waals surface area contributed by atoms with Gasteiger partial charge in [0, 0.05) is 24.9 Å². The first kappa shape index (κ1) is 88.5. The normalized spacial score (nSPS) is 15.0. The van der Waals surface area contributed by atoms with Gasteiger partial charge in [-0.2, -0.15) is 0 Å². The average molecular weight is 1610 g/mol. The summed E-state index contributed by atoms with van der Waals surface area (Å²) < 4.78 is 20.3. The summed E-state index contributed by atoms with van der Waals surface area (Å²) >= 11 is 0. The van der Waals surface area contributed by atoms with E-state index < -0.39 is 30.5 Å². The molecule has 4 radical (unpaired) electrons. The molecule has 480 valence electrons. The molecule has 4 aromatic carbocycles. The molecular formula is C44H48Cu2N10O26Yb2. The summed E-state index contributed by atoms with van der Waals surface area (Å²) in [5.74, 6) is 0.556. The summed E-state index contributed by atoms with van der Waals surface area (Å²) in [6.45, 7) is 0. The van der Waals surface area contributed by atoms with Gasteiger partial charge in [0.05, 0.1) is 83.1 Å². The molecule has 0 saturated heterocycles. The van der Waals surface area contributed by atoms with Gasteiger partial charge in [0.1, 0.15) is 23.0 Å². The SMILES string of the molecule is COc1cccc(C=N[C@@H]2CCCC[C@H]2N=Cc2cccc(OC)c2[O-])c1[O-].COc1cccc(C=N[C@@H]2CCCC[C@H]2N=Cc2cccc(OC)c2[O-])c1[O-].O=[N+]([O-])[O-].O=[N+]([O-])[O-].O=[N+]([O-])[O-].O=[N+]([O-])[O-].O=[N+]([O-])[O-].O=[N+]([O-])[O-].[Cu+2].[Cu+2].[Yb+3].[Yb+3]. The van der Waals surface area contributed by atoms with E-state index in [2.05, 4.69) is 20.0 Å². The van der Waals surface area contributed by atoms with Gasteiger partial charge in [-0.25, -0.2) is 0 Å². The Labute approximate surface area is 573 Å². The first-order valence-corrected chi connectivity index (χ1v) is 22.0. The van der Waals surface area contributed by atoms with Gasteiger partial charge in [-0.05, 0) is 72.2 Å². The van der Waals surface area contributed by atoms with Gasteiger partial charge in [-0.15, -0.1) is 0 Å². The predicted molar refractivity (Wildman–Crippen MR) is 274 cm³/mol. The summed E-state index contributed by atoms with van der Waals surface area (Å²) in [6.07, 6.45) is 14.4. The molecule has 4 aromatic rings. The van der Waals surface area contributed by atoms with Gasteiger partial charge in [-0.1, -0.05) is 97.2 Å². The maximum absolute atomic E-state index is 12.3. The van der Waals surface area contributed by atoms with Crippen molar-refractivity contribution in [2.75, 3.05) is 28.4 Å². The molecular weight excluding hydrogens is 1560 g/mol. The van der Waals surface area contributed by atoms with E-state index in [0.717, 1.165) is 51.4 Å². The summed E-state index contributed by atoms with van der Waals surface area (Å²) in [4.78, 5) is 68.1. The number of methoxy groups -OCH3 is 4. The molecule has 0 bridgehead atoms. The van der Waals surface area contributed by atoms with Gasteiger partial charge in [0.25, 0.3) is 0 Å². The van der Waals surface area contributed by atoms with Crippen molar-refractivity contribution >= 4 is 24.9 Å². The summed E-state index contributed by atoms with van der Waals surface area (Å²) in [5, 5.41) is 138. The molecule has 0 heterocycles. The van der Waals surface area contributed by atoms with Gasteiger partial charge in [0.15, 0.2) is 0 Å². The van der Waals surface area contributed by atoms with Gasteiger partial charge in [0.2, 0.25) is 0 Å². The molecule has 2 aliphatic carbocycles. The quantitative estimate of drug-likeness (QED) is 0.0838. The fraction of sp³-hybridized carbons (Fsp3) is 0.364. The Morgan fingerprint density at radius 2 is 0.488 bits per heavy atom. The minimum absolute atomic E-state index is 0. The van der Waals surface area contributed by atoms with Crippen molar-refractivity contribution < 1.29 is 198 Å². The Hall–Kier alpha value is -6.76. The van der Waals surface area contributed by atoms with Gasteiger partial charge < -0.3 is 131 Å². The first-order chi connectivity index (χ1) is 37.7. The summed E-state index contributed by atoms with van der Waals surface area (Å²) in [5.41, 5.74) is 2.01. The molecule has 0 N–H and O–H groups in total. The van der Waals surface area contributed by atoms with Crippen LogP contribution in [0.5, 0.6) is 46.0 Å². The van der Waals surface area contributed by atoms with Crippen molar-refractivity contribution in [2.24, 2.45) is 20.0 Å². The molecule has 0 aliphatic heterocycles. The second kappa shape index (κ2) is 51.8. The molecule has 2 aliphatic rings. The second-order valence-electron chi connectivity index (χ2n) is 14.8. The van der Waals surface area contributed by atoms with Crippen LogP contribution in [0.1, 0.15) is 73.6 Å². The number of hydrogen-bond donors (Lipinski definition) is 0. The molecule has 40 heteroatoms. The Balaban J connectivity index is -0.000000253. The van der Waals surface area contributed by atoms with Crippen LogP contribution in [0.25, 0.3) is 0 Å². The van der Waals surface area contributed by atoms with Crippen LogP contribution in [0.4, 0.5) is 0 Å². The molecule has 0 amide bonds. The predicted octanol–water partition coefficient (Wildman–Crippen LogP) is 3.96. The maximum Gasteiger partial charge on any atom is 3.00 e. The molecule has 4 atom stereocenters. The number of nitrogens with zero attached hydrogens (tertiary/aromatic N) is 10. The molecule has 36 nitrogen and oxygen atoms in total. The summed E-state index contributed by atoms with van der Waals surface area (Å²) in [7, 11) is 5.91. The van der Waals surface area contributed by atoms with Crippen molar-refractivity contribution in [3.63, 3.8) is 0 Å².